The van der Waals surface area contributed by atoms with Crippen LogP contribution in [0, 0.1) is 0 Å². The molecule has 114 valence electrons. The summed E-state index contributed by atoms with van der Waals surface area (Å²) in [6.45, 7) is 3.82. The predicted octanol–water partition coefficient (Wildman–Crippen LogP) is 2.15. The average molecular weight is 288 g/mol. The molecule has 0 aromatic heterocycles. The topological polar surface area (TPSA) is 43.8 Å². The second-order valence-electron chi connectivity index (χ2n) is 6.41. The molecule has 2 heterocycles. The fourth-order valence-corrected chi connectivity index (χ4v) is 3.71. The van der Waals surface area contributed by atoms with Crippen molar-refractivity contribution in [1.82, 2.24) is 9.80 Å². The minimum Gasteiger partial charge on any atom is -0.481 e. The molecule has 0 radical (unpaired) electrons. The van der Waals surface area contributed by atoms with Crippen LogP contribution in [0.5, 0.6) is 0 Å². The van der Waals surface area contributed by atoms with Crippen molar-refractivity contribution in [2.24, 2.45) is 0 Å². The lowest BCUT2D eigenvalue weighted by atomic mass is 9.88. The summed E-state index contributed by atoms with van der Waals surface area (Å²) in [6.07, 6.45) is 3.53. The Labute approximate surface area is 126 Å². The molecule has 0 amide bonds. The van der Waals surface area contributed by atoms with E-state index in [9.17, 15) is 9.90 Å². The van der Waals surface area contributed by atoms with Crippen molar-refractivity contribution in [3.63, 3.8) is 0 Å². The van der Waals surface area contributed by atoms with Gasteiger partial charge in [0, 0.05) is 19.1 Å². The zero-order chi connectivity index (χ0) is 14.8. The molecular formula is C17H24N2O2. The summed E-state index contributed by atoms with van der Waals surface area (Å²) in [5.41, 5.74) is 2.20. The van der Waals surface area contributed by atoms with Crippen LogP contribution < -0.4 is 0 Å². The van der Waals surface area contributed by atoms with Crippen LogP contribution in [0.15, 0.2) is 24.3 Å². The smallest absolute Gasteiger partial charge is 0.312 e. The van der Waals surface area contributed by atoms with Crippen molar-refractivity contribution < 1.29 is 9.90 Å². The van der Waals surface area contributed by atoms with Crippen LogP contribution in [-0.2, 0) is 11.3 Å². The maximum Gasteiger partial charge on any atom is 0.312 e. The molecule has 21 heavy (non-hydrogen) atoms. The molecule has 1 aromatic rings. The Balaban J connectivity index is 1.81. The van der Waals surface area contributed by atoms with E-state index in [1.807, 2.05) is 18.2 Å². The first-order valence-electron chi connectivity index (χ1n) is 7.88. The van der Waals surface area contributed by atoms with E-state index < -0.39 is 5.97 Å². The van der Waals surface area contributed by atoms with Crippen molar-refractivity contribution in [3.8, 4) is 0 Å². The second-order valence-corrected chi connectivity index (χ2v) is 6.41. The van der Waals surface area contributed by atoms with Crippen LogP contribution in [-0.4, -0.2) is 53.6 Å². The van der Waals surface area contributed by atoms with Crippen LogP contribution in [0.4, 0.5) is 0 Å². The largest absolute Gasteiger partial charge is 0.481 e. The third-order valence-electron chi connectivity index (χ3n) is 4.96. The molecule has 1 aromatic carbocycles. The van der Waals surface area contributed by atoms with E-state index in [0.29, 0.717) is 12.6 Å². The van der Waals surface area contributed by atoms with Gasteiger partial charge < -0.3 is 10.0 Å². The number of likely N-dealkylation sites (tertiary alicyclic amines) is 1. The van der Waals surface area contributed by atoms with E-state index in [4.69, 9.17) is 0 Å². The van der Waals surface area contributed by atoms with Crippen LogP contribution in [0.2, 0.25) is 0 Å². The minimum atomic E-state index is -0.696. The monoisotopic (exact) mass is 288 g/mol. The minimum absolute atomic E-state index is 0.379. The molecule has 2 aliphatic heterocycles. The number of aliphatic carboxylic acids is 1. The number of hydrogen-bond acceptors (Lipinski definition) is 3. The highest BCUT2D eigenvalue weighted by Gasteiger charge is 2.33. The van der Waals surface area contributed by atoms with Crippen LogP contribution in [0.25, 0.3) is 0 Å². The summed E-state index contributed by atoms with van der Waals surface area (Å²) < 4.78 is 0. The molecule has 2 atom stereocenters. The van der Waals surface area contributed by atoms with Gasteiger partial charge in [-0.1, -0.05) is 24.3 Å². The third kappa shape index (κ3) is 3.11. The number of benzene rings is 1. The highest BCUT2D eigenvalue weighted by atomic mass is 16.4. The van der Waals surface area contributed by atoms with Crippen molar-refractivity contribution in [2.75, 3.05) is 26.7 Å². The van der Waals surface area contributed by atoms with Gasteiger partial charge in [0.15, 0.2) is 0 Å². The second kappa shape index (κ2) is 6.16. The normalized spacial score (nSPS) is 27.9. The molecular weight excluding hydrogens is 264 g/mol. The number of carboxylic acid groups (broad SMARTS) is 1. The average Bonchev–Trinajstić information content (AvgIpc) is 2.70. The van der Waals surface area contributed by atoms with E-state index in [-0.39, 0.29) is 5.92 Å². The molecule has 4 heteroatoms. The molecule has 0 bridgehead atoms. The lowest BCUT2D eigenvalue weighted by molar-refractivity contribution is -0.139. The molecule has 4 nitrogen and oxygen atoms in total. The molecule has 0 aliphatic carbocycles. The summed E-state index contributed by atoms with van der Waals surface area (Å²) in [5, 5.41) is 9.56. The summed E-state index contributed by atoms with van der Waals surface area (Å²) >= 11 is 0. The van der Waals surface area contributed by atoms with Gasteiger partial charge in [-0.15, -0.1) is 0 Å². The maximum atomic E-state index is 11.6. The Kier molecular flexibility index (Phi) is 4.27. The van der Waals surface area contributed by atoms with Crippen molar-refractivity contribution >= 4 is 5.97 Å². The predicted molar refractivity (Wildman–Crippen MR) is 82.4 cm³/mol. The first kappa shape index (κ1) is 14.5. The van der Waals surface area contributed by atoms with Crippen molar-refractivity contribution in [2.45, 2.75) is 37.8 Å². The number of hydrogen-bond donors (Lipinski definition) is 1. The molecule has 2 unspecified atom stereocenters. The SMILES string of the molecule is CN1CCCC(N2Cc3ccccc3C(C(=O)O)C2)CC1. The number of carboxylic acids is 1. The lowest BCUT2D eigenvalue weighted by Gasteiger charge is -2.38. The van der Waals surface area contributed by atoms with Gasteiger partial charge in [-0.05, 0) is 50.5 Å². The van der Waals surface area contributed by atoms with Gasteiger partial charge in [-0.25, -0.2) is 0 Å². The number of carbonyl (C=O) groups is 1. The fraction of sp³-hybridized carbons (Fsp3) is 0.588. The van der Waals surface area contributed by atoms with E-state index in [2.05, 4.69) is 22.9 Å². The first-order chi connectivity index (χ1) is 10.1. The van der Waals surface area contributed by atoms with Crippen molar-refractivity contribution in [3.05, 3.63) is 35.4 Å². The highest BCUT2D eigenvalue weighted by Crippen LogP contribution is 2.31. The van der Waals surface area contributed by atoms with Gasteiger partial charge in [0.05, 0.1) is 5.92 Å². The van der Waals surface area contributed by atoms with Gasteiger partial charge in [-0.3, -0.25) is 9.69 Å². The first-order valence-corrected chi connectivity index (χ1v) is 7.88. The zero-order valence-electron chi connectivity index (χ0n) is 12.7. The zero-order valence-corrected chi connectivity index (χ0v) is 12.7. The van der Waals surface area contributed by atoms with Gasteiger partial charge in [0.1, 0.15) is 0 Å². The van der Waals surface area contributed by atoms with Crippen LogP contribution >= 0.6 is 0 Å². The van der Waals surface area contributed by atoms with E-state index in [1.165, 1.54) is 18.4 Å². The Morgan fingerprint density at radius 2 is 2.05 bits per heavy atom. The molecule has 0 saturated carbocycles. The van der Waals surface area contributed by atoms with E-state index >= 15 is 0 Å². The number of rotatable bonds is 2. The Morgan fingerprint density at radius 1 is 1.24 bits per heavy atom. The van der Waals surface area contributed by atoms with Gasteiger partial charge in [0.25, 0.3) is 0 Å². The third-order valence-corrected chi connectivity index (χ3v) is 4.96. The highest BCUT2D eigenvalue weighted by molar-refractivity contribution is 5.77. The van der Waals surface area contributed by atoms with Crippen LogP contribution in [0.3, 0.4) is 0 Å². The molecule has 0 spiro atoms. The molecule has 2 aliphatic rings. The number of nitrogens with zero attached hydrogens (tertiary/aromatic N) is 2. The Morgan fingerprint density at radius 3 is 2.86 bits per heavy atom. The van der Waals surface area contributed by atoms with Crippen LogP contribution in [0.1, 0.15) is 36.3 Å². The summed E-state index contributed by atoms with van der Waals surface area (Å²) in [4.78, 5) is 16.4. The van der Waals surface area contributed by atoms with Gasteiger partial charge in [0.2, 0.25) is 0 Å². The number of fused-ring (bicyclic) bond motifs is 1. The summed E-state index contributed by atoms with van der Waals surface area (Å²) in [7, 11) is 2.17. The molecule has 1 N–H and O–H groups in total. The van der Waals surface area contributed by atoms with E-state index in [1.54, 1.807) is 0 Å². The molecule has 3 rings (SSSR count). The Hall–Kier alpha value is -1.39. The molecule has 1 fully saturated rings. The lowest BCUT2D eigenvalue weighted by Crippen LogP contribution is -2.43. The van der Waals surface area contributed by atoms with E-state index in [0.717, 1.165) is 31.6 Å². The fourth-order valence-electron chi connectivity index (χ4n) is 3.71. The quantitative estimate of drug-likeness (QED) is 0.905. The summed E-state index contributed by atoms with van der Waals surface area (Å²) in [5.74, 6) is -1.08. The summed E-state index contributed by atoms with van der Waals surface area (Å²) in [6, 6.07) is 8.55. The standard InChI is InChI=1S/C17H24N2O2/c1-18-9-4-6-14(8-10-18)19-11-13-5-2-3-7-15(13)16(12-19)17(20)21/h2-3,5,7,14,16H,4,6,8-12H2,1H3,(H,20,21). The Bertz CT molecular complexity index is 517. The van der Waals surface area contributed by atoms with Crippen molar-refractivity contribution in [1.29, 1.82) is 0 Å². The van der Waals surface area contributed by atoms with Gasteiger partial charge in [-0.2, -0.15) is 0 Å². The maximum absolute atomic E-state index is 11.6. The van der Waals surface area contributed by atoms with Gasteiger partial charge >= 0.3 is 5.97 Å². The molecule has 1 saturated heterocycles.